The Kier molecular flexibility index (Phi) is 5.62. The van der Waals surface area contributed by atoms with Crippen LogP contribution in [0.3, 0.4) is 0 Å². The number of nitrogens with two attached hydrogens (primary N) is 2. The van der Waals surface area contributed by atoms with Gasteiger partial charge in [0.2, 0.25) is 5.91 Å². The van der Waals surface area contributed by atoms with E-state index in [1.165, 1.54) is 0 Å². The smallest absolute Gasteiger partial charge is 0.231 e. The Morgan fingerprint density at radius 2 is 1.95 bits per heavy atom. The zero-order valence-electron chi connectivity index (χ0n) is 11.1. The normalized spacial score (nSPS) is 15.2. The van der Waals surface area contributed by atoms with Crippen LogP contribution in [0.5, 0.6) is 0 Å². The van der Waals surface area contributed by atoms with Crippen molar-refractivity contribution in [3.05, 3.63) is 23.8 Å². The number of benzene rings is 1. The number of nitriles is 1. The average molecular weight is 296 g/mol. The van der Waals surface area contributed by atoms with Gasteiger partial charge in [0, 0.05) is 26.2 Å². The third-order valence-electron chi connectivity index (χ3n) is 3.26. The molecule has 1 heterocycles. The number of carbonyl (C=O) groups excluding carboxylic acids is 1. The highest BCUT2D eigenvalue weighted by Crippen LogP contribution is 2.28. The first-order valence-corrected chi connectivity index (χ1v) is 6.16. The van der Waals surface area contributed by atoms with Crippen molar-refractivity contribution in [2.45, 2.75) is 0 Å². The van der Waals surface area contributed by atoms with Crippen molar-refractivity contribution in [1.29, 1.82) is 5.26 Å². The van der Waals surface area contributed by atoms with Gasteiger partial charge in [-0.05, 0) is 12.1 Å². The third-order valence-corrected chi connectivity index (χ3v) is 3.26. The molecule has 1 fully saturated rings. The topological polar surface area (TPSA) is 99.4 Å². The zero-order chi connectivity index (χ0) is 13.8. The number of nitrogen functional groups attached to an aromatic ring is 1. The van der Waals surface area contributed by atoms with Gasteiger partial charge in [-0.1, -0.05) is 6.07 Å². The number of nitrogens with zero attached hydrogens (tertiary/aromatic N) is 3. The Bertz CT molecular complexity index is 520. The number of piperazine rings is 1. The first-order chi connectivity index (χ1) is 9.11. The summed E-state index contributed by atoms with van der Waals surface area (Å²) in [6.07, 6.45) is 0. The highest BCUT2D eigenvalue weighted by Gasteiger charge is 2.21. The predicted octanol–water partition coefficient (Wildman–Crippen LogP) is 0.170. The van der Waals surface area contributed by atoms with Crippen LogP contribution >= 0.6 is 12.4 Å². The van der Waals surface area contributed by atoms with Crippen LogP contribution in [0.15, 0.2) is 18.2 Å². The van der Waals surface area contributed by atoms with Gasteiger partial charge in [0.15, 0.2) is 0 Å². The van der Waals surface area contributed by atoms with Crippen LogP contribution in [-0.4, -0.2) is 43.5 Å². The maximum atomic E-state index is 10.9. The molecule has 0 unspecified atom stereocenters. The number of amides is 1. The van der Waals surface area contributed by atoms with Gasteiger partial charge in [0.05, 0.1) is 23.5 Å². The van der Waals surface area contributed by atoms with E-state index < -0.39 is 0 Å². The van der Waals surface area contributed by atoms with Crippen LogP contribution < -0.4 is 16.4 Å². The second-order valence-corrected chi connectivity index (χ2v) is 4.58. The number of anilines is 2. The van der Waals surface area contributed by atoms with Gasteiger partial charge in [-0.15, -0.1) is 12.4 Å². The number of carbonyl (C=O) groups is 1. The molecule has 1 saturated heterocycles. The molecule has 0 saturated carbocycles. The molecule has 1 aliphatic heterocycles. The van der Waals surface area contributed by atoms with Crippen LogP contribution in [0.4, 0.5) is 11.4 Å². The lowest BCUT2D eigenvalue weighted by atomic mass is 10.1. The number of rotatable bonds is 3. The molecule has 0 aliphatic carbocycles. The minimum Gasteiger partial charge on any atom is -0.397 e. The fourth-order valence-corrected chi connectivity index (χ4v) is 2.35. The molecule has 1 amide bonds. The summed E-state index contributed by atoms with van der Waals surface area (Å²) >= 11 is 0. The lowest BCUT2D eigenvalue weighted by molar-refractivity contribution is -0.119. The summed E-state index contributed by atoms with van der Waals surface area (Å²) in [5.41, 5.74) is 13.1. The largest absolute Gasteiger partial charge is 0.397 e. The summed E-state index contributed by atoms with van der Waals surface area (Å²) in [6.45, 7) is 3.22. The minimum absolute atomic E-state index is 0. The van der Waals surface area contributed by atoms with Gasteiger partial charge in [0.1, 0.15) is 6.07 Å². The highest BCUT2D eigenvalue weighted by molar-refractivity contribution is 5.85. The zero-order valence-corrected chi connectivity index (χ0v) is 11.9. The molecule has 108 valence electrons. The summed E-state index contributed by atoms with van der Waals surface area (Å²) in [7, 11) is 0. The Morgan fingerprint density at radius 3 is 2.50 bits per heavy atom. The second-order valence-electron chi connectivity index (χ2n) is 4.58. The third kappa shape index (κ3) is 3.53. The first kappa shape index (κ1) is 16.1. The first-order valence-electron chi connectivity index (χ1n) is 6.16. The highest BCUT2D eigenvalue weighted by atomic mass is 35.5. The van der Waals surface area contributed by atoms with Gasteiger partial charge < -0.3 is 16.4 Å². The molecular weight excluding hydrogens is 278 g/mol. The van der Waals surface area contributed by atoms with Crippen LogP contribution in [-0.2, 0) is 4.79 Å². The van der Waals surface area contributed by atoms with E-state index >= 15 is 0 Å². The lowest BCUT2D eigenvalue weighted by Gasteiger charge is -2.36. The van der Waals surface area contributed by atoms with E-state index in [4.69, 9.17) is 16.7 Å². The van der Waals surface area contributed by atoms with Crippen LogP contribution in [0, 0.1) is 11.3 Å². The van der Waals surface area contributed by atoms with Crippen LogP contribution in [0.1, 0.15) is 5.56 Å². The van der Waals surface area contributed by atoms with Crippen molar-refractivity contribution in [2.24, 2.45) is 5.73 Å². The second kappa shape index (κ2) is 6.98. The maximum absolute atomic E-state index is 10.9. The van der Waals surface area contributed by atoms with Crippen molar-refractivity contribution >= 4 is 29.7 Å². The molecule has 1 aliphatic rings. The van der Waals surface area contributed by atoms with E-state index in [1.54, 1.807) is 18.2 Å². The quantitative estimate of drug-likeness (QED) is 0.774. The van der Waals surface area contributed by atoms with Gasteiger partial charge in [-0.3, -0.25) is 9.69 Å². The Labute approximate surface area is 124 Å². The summed E-state index contributed by atoms with van der Waals surface area (Å²) in [5.74, 6) is -0.314. The van der Waals surface area contributed by atoms with Crippen molar-refractivity contribution in [2.75, 3.05) is 43.4 Å². The molecule has 6 nitrogen and oxygen atoms in total. The Balaban J connectivity index is 0.00000200. The number of para-hydroxylation sites is 1. The Morgan fingerprint density at radius 1 is 1.30 bits per heavy atom. The van der Waals surface area contributed by atoms with Crippen molar-refractivity contribution in [1.82, 2.24) is 4.90 Å². The maximum Gasteiger partial charge on any atom is 0.231 e. The van der Waals surface area contributed by atoms with Crippen LogP contribution in [0.25, 0.3) is 0 Å². The summed E-state index contributed by atoms with van der Waals surface area (Å²) in [4.78, 5) is 15.0. The van der Waals surface area contributed by atoms with Crippen molar-refractivity contribution < 1.29 is 4.79 Å². The van der Waals surface area contributed by atoms with Gasteiger partial charge in [0.25, 0.3) is 0 Å². The molecule has 0 radical (unpaired) electrons. The Hall–Kier alpha value is -1.97. The molecule has 0 aromatic heterocycles. The molecule has 0 bridgehead atoms. The van der Waals surface area contributed by atoms with Crippen molar-refractivity contribution in [3.63, 3.8) is 0 Å². The van der Waals surface area contributed by atoms with E-state index in [0.717, 1.165) is 31.9 Å². The monoisotopic (exact) mass is 295 g/mol. The number of halogens is 1. The summed E-state index contributed by atoms with van der Waals surface area (Å²) in [5, 5.41) is 9.14. The fourth-order valence-electron chi connectivity index (χ4n) is 2.35. The standard InChI is InChI=1S/C13H17N5O.ClH/c14-8-10-2-1-3-11(15)13(10)18-6-4-17(5-7-18)9-12(16)19;/h1-3H,4-7,9,15H2,(H2,16,19);1H. The predicted molar refractivity (Wildman–Crippen MR) is 80.7 cm³/mol. The number of hydrogen-bond acceptors (Lipinski definition) is 5. The van der Waals surface area contributed by atoms with E-state index in [0.29, 0.717) is 11.3 Å². The SMILES string of the molecule is Cl.N#Cc1cccc(N)c1N1CCN(CC(N)=O)CC1. The van der Waals surface area contributed by atoms with Gasteiger partial charge in [-0.25, -0.2) is 0 Å². The molecular formula is C13H18ClN5O. The number of hydrogen-bond donors (Lipinski definition) is 2. The molecule has 0 atom stereocenters. The molecule has 4 N–H and O–H groups in total. The van der Waals surface area contributed by atoms with E-state index in [9.17, 15) is 4.79 Å². The molecule has 0 spiro atoms. The van der Waals surface area contributed by atoms with E-state index in [2.05, 4.69) is 11.0 Å². The van der Waals surface area contributed by atoms with Gasteiger partial charge in [-0.2, -0.15) is 5.26 Å². The van der Waals surface area contributed by atoms with E-state index in [1.807, 2.05) is 4.90 Å². The lowest BCUT2D eigenvalue weighted by Crippen LogP contribution is -2.49. The number of primary amides is 1. The molecule has 1 aromatic carbocycles. The molecule has 1 aromatic rings. The minimum atomic E-state index is -0.314. The molecule has 2 rings (SSSR count). The van der Waals surface area contributed by atoms with Crippen LogP contribution in [0.2, 0.25) is 0 Å². The van der Waals surface area contributed by atoms with E-state index in [-0.39, 0.29) is 24.9 Å². The summed E-state index contributed by atoms with van der Waals surface area (Å²) in [6, 6.07) is 7.51. The molecule has 20 heavy (non-hydrogen) atoms. The summed E-state index contributed by atoms with van der Waals surface area (Å²) < 4.78 is 0. The van der Waals surface area contributed by atoms with Crippen molar-refractivity contribution in [3.8, 4) is 6.07 Å². The molecule has 7 heteroatoms. The van der Waals surface area contributed by atoms with Gasteiger partial charge >= 0.3 is 0 Å². The average Bonchev–Trinajstić information content (AvgIpc) is 2.39. The fraction of sp³-hybridized carbons (Fsp3) is 0.385.